The molecule has 1 aromatic heterocycles. The minimum atomic E-state index is -0.664. The Kier molecular flexibility index (Phi) is 6.63. The molecule has 0 fully saturated rings. The monoisotopic (exact) mass is 448 g/mol. The Morgan fingerprint density at radius 1 is 1.15 bits per heavy atom. The fourth-order valence-electron chi connectivity index (χ4n) is 4.12. The van der Waals surface area contributed by atoms with Crippen LogP contribution < -0.4 is 26.6 Å². The molecule has 172 valence electrons. The van der Waals surface area contributed by atoms with Crippen molar-refractivity contribution in [1.82, 2.24) is 9.55 Å². The summed E-state index contributed by atoms with van der Waals surface area (Å²) in [5.41, 5.74) is 6.92. The predicted octanol–water partition coefficient (Wildman–Crippen LogP) is 2.55. The molecule has 2 aromatic carbocycles. The van der Waals surface area contributed by atoms with Gasteiger partial charge in [-0.2, -0.15) is 0 Å². The van der Waals surface area contributed by atoms with Crippen molar-refractivity contribution in [1.29, 1.82) is 0 Å². The van der Waals surface area contributed by atoms with Crippen LogP contribution in [0.2, 0.25) is 0 Å². The number of para-hydroxylation sites is 1. The molecule has 0 aliphatic carbocycles. The minimum absolute atomic E-state index is 0.0165. The fraction of sp³-hybridized carbons (Fsp3) is 0.320. The number of H-pyrrole nitrogens is 1. The van der Waals surface area contributed by atoms with Gasteiger partial charge in [0.1, 0.15) is 18.2 Å². The van der Waals surface area contributed by atoms with Crippen LogP contribution in [0.1, 0.15) is 30.9 Å². The van der Waals surface area contributed by atoms with Crippen molar-refractivity contribution in [2.45, 2.75) is 32.7 Å². The number of aromatic nitrogens is 2. The first-order chi connectivity index (χ1) is 16.0. The van der Waals surface area contributed by atoms with Crippen LogP contribution in [0.3, 0.4) is 0 Å². The molecular formula is C25H28N4O4. The van der Waals surface area contributed by atoms with E-state index in [0.29, 0.717) is 19.4 Å². The summed E-state index contributed by atoms with van der Waals surface area (Å²) in [6.45, 7) is 2.74. The predicted molar refractivity (Wildman–Crippen MR) is 128 cm³/mol. The standard InChI is InChI=1S/C25H28N4O4/c1-2-3-13-28(24(31)19-14-18-11-7-8-12-20(18)33-16-19)21-22(26)29(25(32)27-23(21)30)15-17-9-5-4-6-10-17/h4-12,19H,2-3,13-16,26H2,1H3,(H,27,30,32)/t19-/m1/s1. The Labute approximate surface area is 191 Å². The molecule has 1 aliphatic heterocycles. The van der Waals surface area contributed by atoms with Crippen LogP contribution in [-0.2, 0) is 17.8 Å². The van der Waals surface area contributed by atoms with Crippen molar-refractivity contribution in [3.05, 3.63) is 86.6 Å². The summed E-state index contributed by atoms with van der Waals surface area (Å²) in [6, 6.07) is 17.0. The van der Waals surface area contributed by atoms with E-state index >= 15 is 0 Å². The SMILES string of the molecule is CCCCN(C(=O)[C@H]1COc2ccccc2C1)c1c(N)n(Cc2ccccc2)c(=O)[nH]c1=O. The highest BCUT2D eigenvalue weighted by Crippen LogP contribution is 2.29. The summed E-state index contributed by atoms with van der Waals surface area (Å²) >= 11 is 0. The van der Waals surface area contributed by atoms with Crippen molar-refractivity contribution in [3.8, 4) is 5.75 Å². The summed E-state index contributed by atoms with van der Waals surface area (Å²) in [6.07, 6.45) is 2.03. The zero-order chi connectivity index (χ0) is 23.4. The van der Waals surface area contributed by atoms with E-state index in [1.165, 1.54) is 9.47 Å². The number of aromatic amines is 1. The lowest BCUT2D eigenvalue weighted by atomic mass is 9.95. The number of hydrogen-bond donors (Lipinski definition) is 2. The smallest absolute Gasteiger partial charge is 0.330 e. The van der Waals surface area contributed by atoms with E-state index in [0.717, 1.165) is 23.3 Å². The number of nitrogens with one attached hydrogen (secondary N) is 1. The Hall–Kier alpha value is -3.81. The number of nitrogens with two attached hydrogens (primary N) is 1. The van der Waals surface area contributed by atoms with Crippen molar-refractivity contribution in [2.24, 2.45) is 5.92 Å². The fourth-order valence-corrected chi connectivity index (χ4v) is 4.12. The van der Waals surface area contributed by atoms with Crippen molar-refractivity contribution in [2.75, 3.05) is 23.8 Å². The first-order valence-corrected chi connectivity index (χ1v) is 11.2. The van der Waals surface area contributed by atoms with E-state index in [9.17, 15) is 14.4 Å². The molecule has 1 amide bonds. The second kappa shape index (κ2) is 9.77. The van der Waals surface area contributed by atoms with Crippen LogP contribution in [0.25, 0.3) is 0 Å². The summed E-state index contributed by atoms with van der Waals surface area (Å²) in [4.78, 5) is 42.8. The van der Waals surface area contributed by atoms with Gasteiger partial charge in [0.2, 0.25) is 5.91 Å². The van der Waals surface area contributed by atoms with Crippen LogP contribution in [0.5, 0.6) is 5.75 Å². The number of anilines is 2. The molecule has 0 spiro atoms. The molecule has 1 atom stereocenters. The molecule has 0 unspecified atom stereocenters. The molecule has 3 N–H and O–H groups in total. The number of amides is 1. The molecule has 0 bridgehead atoms. The van der Waals surface area contributed by atoms with Gasteiger partial charge in [-0.1, -0.05) is 61.9 Å². The maximum Gasteiger partial charge on any atom is 0.330 e. The number of benzene rings is 2. The maximum absolute atomic E-state index is 13.6. The number of nitrogens with zero attached hydrogens (tertiary/aromatic N) is 2. The van der Waals surface area contributed by atoms with Crippen LogP contribution >= 0.6 is 0 Å². The Bertz CT molecular complexity index is 1250. The highest BCUT2D eigenvalue weighted by atomic mass is 16.5. The second-order valence-corrected chi connectivity index (χ2v) is 8.23. The molecule has 8 nitrogen and oxygen atoms in total. The van der Waals surface area contributed by atoms with Gasteiger partial charge in [-0.05, 0) is 30.0 Å². The summed E-state index contributed by atoms with van der Waals surface area (Å²) < 4.78 is 7.11. The number of fused-ring (bicyclic) bond motifs is 1. The highest BCUT2D eigenvalue weighted by Gasteiger charge is 2.32. The van der Waals surface area contributed by atoms with Gasteiger partial charge in [0.25, 0.3) is 5.56 Å². The number of rotatable bonds is 7. The number of unbranched alkanes of at least 4 members (excludes halogenated alkanes) is 1. The van der Waals surface area contributed by atoms with Gasteiger partial charge in [0.15, 0.2) is 5.69 Å². The average molecular weight is 449 g/mol. The topological polar surface area (TPSA) is 110 Å². The van der Waals surface area contributed by atoms with Gasteiger partial charge in [-0.25, -0.2) is 4.79 Å². The molecule has 0 radical (unpaired) electrons. The number of carbonyl (C=O) groups is 1. The Morgan fingerprint density at radius 3 is 2.64 bits per heavy atom. The maximum atomic E-state index is 13.6. The lowest BCUT2D eigenvalue weighted by molar-refractivity contribution is -0.123. The van der Waals surface area contributed by atoms with Gasteiger partial charge < -0.3 is 15.4 Å². The molecule has 0 saturated heterocycles. The lowest BCUT2D eigenvalue weighted by Crippen LogP contribution is -2.46. The van der Waals surface area contributed by atoms with Crippen LogP contribution in [-0.4, -0.2) is 28.6 Å². The van der Waals surface area contributed by atoms with Crippen molar-refractivity contribution in [3.63, 3.8) is 0 Å². The Balaban J connectivity index is 1.71. The quantitative estimate of drug-likeness (QED) is 0.577. The van der Waals surface area contributed by atoms with Gasteiger partial charge in [0, 0.05) is 6.54 Å². The largest absolute Gasteiger partial charge is 0.492 e. The minimum Gasteiger partial charge on any atom is -0.492 e. The highest BCUT2D eigenvalue weighted by molar-refractivity contribution is 5.97. The van der Waals surface area contributed by atoms with E-state index < -0.39 is 17.2 Å². The summed E-state index contributed by atoms with van der Waals surface area (Å²) in [7, 11) is 0. The first kappa shape index (κ1) is 22.4. The van der Waals surface area contributed by atoms with Gasteiger partial charge in [0.05, 0.1) is 12.5 Å². The van der Waals surface area contributed by atoms with Gasteiger partial charge >= 0.3 is 5.69 Å². The molecule has 2 heterocycles. The summed E-state index contributed by atoms with van der Waals surface area (Å²) in [5.74, 6) is 0.0646. The number of hydrogen-bond acceptors (Lipinski definition) is 5. The van der Waals surface area contributed by atoms with Crippen LogP contribution in [0.15, 0.2) is 64.2 Å². The third-order valence-electron chi connectivity index (χ3n) is 5.90. The second-order valence-electron chi connectivity index (χ2n) is 8.23. The Morgan fingerprint density at radius 2 is 1.88 bits per heavy atom. The zero-order valence-electron chi connectivity index (χ0n) is 18.6. The van der Waals surface area contributed by atoms with E-state index in [1.54, 1.807) is 0 Å². The molecule has 1 aliphatic rings. The summed E-state index contributed by atoms with van der Waals surface area (Å²) in [5, 5.41) is 0. The van der Waals surface area contributed by atoms with E-state index in [1.807, 2.05) is 61.5 Å². The number of ether oxygens (including phenoxy) is 1. The zero-order valence-corrected chi connectivity index (χ0v) is 18.6. The third-order valence-corrected chi connectivity index (χ3v) is 5.90. The van der Waals surface area contributed by atoms with E-state index in [4.69, 9.17) is 10.5 Å². The molecule has 33 heavy (non-hydrogen) atoms. The number of nitrogen functional groups attached to an aromatic ring is 1. The van der Waals surface area contributed by atoms with Gasteiger partial charge in [-0.3, -0.25) is 19.1 Å². The van der Waals surface area contributed by atoms with Crippen molar-refractivity contribution >= 4 is 17.4 Å². The normalized spacial score (nSPS) is 14.9. The van der Waals surface area contributed by atoms with Crippen LogP contribution in [0, 0.1) is 5.92 Å². The average Bonchev–Trinajstić information content (AvgIpc) is 2.83. The van der Waals surface area contributed by atoms with Crippen molar-refractivity contribution < 1.29 is 9.53 Å². The number of carbonyl (C=O) groups excluding carboxylic acids is 1. The third kappa shape index (κ3) is 4.69. The van der Waals surface area contributed by atoms with Gasteiger partial charge in [-0.15, -0.1) is 0 Å². The van der Waals surface area contributed by atoms with E-state index in [2.05, 4.69) is 4.98 Å². The molecular weight excluding hydrogens is 420 g/mol. The first-order valence-electron chi connectivity index (χ1n) is 11.2. The lowest BCUT2D eigenvalue weighted by Gasteiger charge is -2.31. The van der Waals surface area contributed by atoms with E-state index in [-0.39, 0.29) is 30.6 Å². The molecule has 8 heteroatoms. The van der Waals surface area contributed by atoms with Crippen LogP contribution in [0.4, 0.5) is 11.5 Å². The molecule has 4 rings (SSSR count). The molecule has 0 saturated carbocycles. The molecule has 3 aromatic rings.